The number of benzene rings is 1. The molecular weight excluding hydrogens is 360 g/mol. The van der Waals surface area contributed by atoms with Crippen LogP contribution in [0.15, 0.2) is 28.2 Å². The van der Waals surface area contributed by atoms with Crippen LogP contribution in [0.4, 0.5) is 0 Å². The maximum atomic E-state index is 8.32. The number of aliphatic imine (C=N–C) groups is 2. The molecule has 148 valence electrons. The largest absolute Gasteiger partial charge is 0.356 e. The minimum absolute atomic E-state index is 0.216. The van der Waals surface area contributed by atoms with Gasteiger partial charge < -0.3 is 21.4 Å². The summed E-state index contributed by atoms with van der Waals surface area (Å²) in [6.45, 7) is 7.58. The third-order valence-corrected chi connectivity index (χ3v) is 5.64. The quantitative estimate of drug-likeness (QED) is 0.494. The first kappa shape index (κ1) is 21.5. The molecule has 0 spiro atoms. The van der Waals surface area contributed by atoms with Gasteiger partial charge in [-0.2, -0.15) is 0 Å². The molecule has 0 aromatic heterocycles. The number of amidine groups is 1. The SMILES string of the molecule is CNC/N=C(\C=N/CC(=N)c1cccc(Cl)c1C)N1CCC(C)(CN)CC1. The van der Waals surface area contributed by atoms with E-state index in [9.17, 15) is 0 Å². The second kappa shape index (κ2) is 9.97. The number of piperidine rings is 1. The van der Waals surface area contributed by atoms with Crippen molar-refractivity contribution >= 4 is 29.4 Å². The second-order valence-electron chi connectivity index (χ2n) is 7.39. The monoisotopic (exact) mass is 390 g/mol. The molecule has 1 aliphatic heterocycles. The van der Waals surface area contributed by atoms with E-state index in [4.69, 9.17) is 22.7 Å². The molecule has 0 amide bonds. The summed E-state index contributed by atoms with van der Waals surface area (Å²) in [7, 11) is 1.87. The van der Waals surface area contributed by atoms with E-state index in [0.717, 1.165) is 42.9 Å². The van der Waals surface area contributed by atoms with Gasteiger partial charge in [0.15, 0.2) is 0 Å². The lowest BCUT2D eigenvalue weighted by Gasteiger charge is -2.39. The molecule has 1 aliphatic rings. The lowest BCUT2D eigenvalue weighted by molar-refractivity contribution is 0.177. The van der Waals surface area contributed by atoms with Crippen LogP contribution in [0.3, 0.4) is 0 Å². The maximum absolute atomic E-state index is 8.32. The Kier molecular flexibility index (Phi) is 7.95. The molecule has 7 heteroatoms. The molecule has 1 aromatic rings. The Labute approximate surface area is 167 Å². The van der Waals surface area contributed by atoms with E-state index < -0.39 is 0 Å². The smallest absolute Gasteiger partial charge is 0.143 e. The molecule has 4 N–H and O–H groups in total. The van der Waals surface area contributed by atoms with Crippen LogP contribution in [0.1, 0.15) is 30.9 Å². The molecule has 1 saturated heterocycles. The van der Waals surface area contributed by atoms with Crippen LogP contribution < -0.4 is 11.1 Å². The number of nitrogens with one attached hydrogen (secondary N) is 2. The zero-order chi connectivity index (χ0) is 19.9. The second-order valence-corrected chi connectivity index (χ2v) is 7.80. The molecule has 0 bridgehead atoms. The number of halogens is 1. The molecular formula is C20H31ClN6. The van der Waals surface area contributed by atoms with Gasteiger partial charge in [-0.3, -0.25) is 9.98 Å². The number of likely N-dealkylation sites (tertiary alicyclic amines) is 1. The number of hydrogen-bond acceptors (Lipinski definition) is 5. The van der Waals surface area contributed by atoms with Crippen LogP contribution in [0.2, 0.25) is 5.02 Å². The topological polar surface area (TPSA) is 89.9 Å². The summed E-state index contributed by atoms with van der Waals surface area (Å²) >= 11 is 6.16. The fourth-order valence-corrected chi connectivity index (χ4v) is 3.27. The normalized spacial score (nSPS) is 17.5. The molecule has 1 heterocycles. The number of nitrogens with zero attached hydrogens (tertiary/aromatic N) is 3. The Morgan fingerprint density at radius 3 is 2.74 bits per heavy atom. The molecule has 0 atom stereocenters. The number of hydrogen-bond donors (Lipinski definition) is 3. The first-order valence-electron chi connectivity index (χ1n) is 9.37. The van der Waals surface area contributed by atoms with Crippen LogP contribution >= 0.6 is 11.6 Å². The van der Waals surface area contributed by atoms with Gasteiger partial charge in [-0.25, -0.2) is 0 Å². The fourth-order valence-electron chi connectivity index (χ4n) is 3.10. The van der Waals surface area contributed by atoms with Crippen molar-refractivity contribution in [3.63, 3.8) is 0 Å². The van der Waals surface area contributed by atoms with Gasteiger partial charge in [-0.05, 0) is 50.4 Å². The summed E-state index contributed by atoms with van der Waals surface area (Å²) < 4.78 is 0. The highest BCUT2D eigenvalue weighted by molar-refractivity contribution is 6.32. The molecule has 0 radical (unpaired) electrons. The minimum atomic E-state index is 0.216. The molecule has 27 heavy (non-hydrogen) atoms. The van der Waals surface area contributed by atoms with Crippen molar-refractivity contribution in [1.29, 1.82) is 5.41 Å². The zero-order valence-corrected chi connectivity index (χ0v) is 17.3. The molecule has 6 nitrogen and oxygen atoms in total. The van der Waals surface area contributed by atoms with E-state index in [0.29, 0.717) is 30.5 Å². The van der Waals surface area contributed by atoms with Gasteiger partial charge in [0.2, 0.25) is 0 Å². The van der Waals surface area contributed by atoms with Crippen LogP contribution in [0.5, 0.6) is 0 Å². The van der Waals surface area contributed by atoms with Crippen molar-refractivity contribution in [2.45, 2.75) is 26.7 Å². The third kappa shape index (κ3) is 5.86. The highest BCUT2D eigenvalue weighted by Gasteiger charge is 2.29. The first-order chi connectivity index (χ1) is 12.9. The van der Waals surface area contributed by atoms with Crippen LogP contribution in [0, 0.1) is 17.7 Å². The van der Waals surface area contributed by atoms with E-state index in [2.05, 4.69) is 27.1 Å². The predicted octanol–water partition coefficient (Wildman–Crippen LogP) is 2.72. The number of nitrogens with two attached hydrogens (primary N) is 1. The van der Waals surface area contributed by atoms with Crippen molar-refractivity contribution in [3.05, 3.63) is 34.3 Å². The first-order valence-corrected chi connectivity index (χ1v) is 9.75. The van der Waals surface area contributed by atoms with E-state index in [1.165, 1.54) is 0 Å². The van der Waals surface area contributed by atoms with Crippen molar-refractivity contribution < 1.29 is 0 Å². The third-order valence-electron chi connectivity index (χ3n) is 5.24. The summed E-state index contributed by atoms with van der Waals surface area (Å²) in [5, 5.41) is 12.0. The summed E-state index contributed by atoms with van der Waals surface area (Å²) in [4.78, 5) is 11.3. The zero-order valence-electron chi connectivity index (χ0n) is 16.6. The van der Waals surface area contributed by atoms with Gasteiger partial charge in [0.1, 0.15) is 5.84 Å². The van der Waals surface area contributed by atoms with Crippen LogP contribution in [-0.2, 0) is 0 Å². The lowest BCUT2D eigenvalue weighted by Crippen LogP contribution is -2.45. The van der Waals surface area contributed by atoms with Gasteiger partial charge in [-0.15, -0.1) is 0 Å². The van der Waals surface area contributed by atoms with E-state index in [-0.39, 0.29) is 5.41 Å². The lowest BCUT2D eigenvalue weighted by atomic mass is 9.80. The molecule has 1 aromatic carbocycles. The Bertz CT molecular complexity index is 704. The van der Waals surface area contributed by atoms with Crippen LogP contribution in [0.25, 0.3) is 0 Å². The van der Waals surface area contributed by atoms with Crippen LogP contribution in [-0.4, -0.2) is 62.6 Å². The summed E-state index contributed by atoms with van der Waals surface area (Å²) in [5.74, 6) is 0.860. The highest BCUT2D eigenvalue weighted by Crippen LogP contribution is 2.29. The summed E-state index contributed by atoms with van der Waals surface area (Å²) in [6.07, 6.45) is 3.89. The molecule has 1 fully saturated rings. The van der Waals surface area contributed by atoms with E-state index >= 15 is 0 Å². The highest BCUT2D eigenvalue weighted by atomic mass is 35.5. The maximum Gasteiger partial charge on any atom is 0.143 e. The summed E-state index contributed by atoms with van der Waals surface area (Å²) in [6, 6.07) is 5.61. The van der Waals surface area contributed by atoms with Gasteiger partial charge >= 0.3 is 0 Å². The molecule has 0 saturated carbocycles. The Morgan fingerprint density at radius 1 is 1.41 bits per heavy atom. The predicted molar refractivity (Wildman–Crippen MR) is 116 cm³/mol. The van der Waals surface area contributed by atoms with Crippen molar-refractivity contribution in [2.24, 2.45) is 21.1 Å². The fraction of sp³-hybridized carbons (Fsp3) is 0.550. The van der Waals surface area contributed by atoms with Gasteiger partial charge in [0.05, 0.1) is 25.1 Å². The number of rotatable bonds is 7. The van der Waals surface area contributed by atoms with Crippen molar-refractivity contribution in [3.8, 4) is 0 Å². The van der Waals surface area contributed by atoms with Crippen molar-refractivity contribution in [1.82, 2.24) is 10.2 Å². The molecule has 0 unspecified atom stereocenters. The van der Waals surface area contributed by atoms with Crippen molar-refractivity contribution in [2.75, 3.05) is 39.9 Å². The Hall–Kier alpha value is -1.76. The molecule has 0 aliphatic carbocycles. The van der Waals surface area contributed by atoms with E-state index in [1.807, 2.05) is 32.2 Å². The summed E-state index contributed by atoms with van der Waals surface area (Å²) in [5.41, 5.74) is 8.34. The van der Waals surface area contributed by atoms with E-state index in [1.54, 1.807) is 6.21 Å². The Balaban J connectivity index is 2.03. The standard InChI is InChI=1S/C20H31ClN6/c1-15-16(5-4-6-17(15)21)18(23)11-25-12-19(26-14-24-3)27-9-7-20(2,13-22)8-10-27/h4-6,12,23-24H,7-11,13-14,22H2,1-3H3/b23-18?,25-12-,26-19+. The van der Waals surface area contributed by atoms with Gasteiger partial charge in [-0.1, -0.05) is 30.7 Å². The average molecular weight is 391 g/mol. The molecule has 2 rings (SSSR count). The van der Waals surface area contributed by atoms with Gasteiger partial charge in [0.25, 0.3) is 0 Å². The minimum Gasteiger partial charge on any atom is -0.356 e. The Morgan fingerprint density at radius 2 is 2.11 bits per heavy atom. The van der Waals surface area contributed by atoms with Gasteiger partial charge in [0, 0.05) is 23.7 Å². The average Bonchev–Trinajstić information content (AvgIpc) is 2.67.